The minimum atomic E-state index is -0.0214. The smallest absolute Gasteiger partial charge is 0.228 e. The Morgan fingerprint density at radius 3 is 2.63 bits per heavy atom. The van der Waals surface area contributed by atoms with Crippen molar-refractivity contribution in [3.63, 3.8) is 0 Å². The summed E-state index contributed by atoms with van der Waals surface area (Å²) in [5.74, 6) is -0.0314. The van der Waals surface area contributed by atoms with Crippen LogP contribution >= 0.6 is 34.8 Å². The van der Waals surface area contributed by atoms with Crippen LogP contribution in [0.1, 0.15) is 12.8 Å². The molecule has 1 saturated heterocycles. The Bertz CT molecular complexity index is 493. The van der Waals surface area contributed by atoms with E-state index < -0.39 is 0 Å². The number of hydrogen-bond acceptors (Lipinski definition) is 2. The maximum absolute atomic E-state index is 12.2. The number of carbonyl (C=O) groups is 1. The minimum absolute atomic E-state index is 0.00993. The molecule has 19 heavy (non-hydrogen) atoms. The van der Waals surface area contributed by atoms with Gasteiger partial charge in [-0.15, -0.1) is 0 Å². The summed E-state index contributed by atoms with van der Waals surface area (Å²) < 4.78 is 0. The highest BCUT2D eigenvalue weighted by Crippen LogP contribution is 2.32. The highest BCUT2D eigenvalue weighted by atomic mass is 35.5. The molecule has 1 heterocycles. The molecule has 0 radical (unpaired) electrons. The van der Waals surface area contributed by atoms with Gasteiger partial charge in [0.25, 0.3) is 0 Å². The molecule has 1 aliphatic rings. The van der Waals surface area contributed by atoms with Gasteiger partial charge in [-0.25, -0.2) is 0 Å². The molecule has 1 aromatic rings. The Morgan fingerprint density at radius 2 is 1.95 bits per heavy atom. The van der Waals surface area contributed by atoms with E-state index in [4.69, 9.17) is 34.8 Å². The van der Waals surface area contributed by atoms with Crippen LogP contribution in [0, 0.1) is 5.92 Å². The third kappa shape index (κ3) is 3.76. The van der Waals surface area contributed by atoms with Gasteiger partial charge in [0.05, 0.1) is 26.7 Å². The van der Waals surface area contributed by atoms with Crippen molar-refractivity contribution in [3.05, 3.63) is 27.2 Å². The molecule has 3 nitrogen and oxygen atoms in total. The van der Waals surface area contributed by atoms with E-state index in [1.54, 1.807) is 6.07 Å². The third-order valence-electron chi connectivity index (χ3n) is 3.26. The molecular formula is C13H15Cl3N2O. The van der Waals surface area contributed by atoms with Gasteiger partial charge < -0.3 is 10.2 Å². The molecule has 2 rings (SSSR count). The molecular weight excluding hydrogens is 307 g/mol. The van der Waals surface area contributed by atoms with Crippen molar-refractivity contribution in [1.29, 1.82) is 0 Å². The van der Waals surface area contributed by atoms with E-state index in [9.17, 15) is 4.79 Å². The van der Waals surface area contributed by atoms with Crippen LogP contribution in [0.2, 0.25) is 15.1 Å². The van der Waals surface area contributed by atoms with Crippen molar-refractivity contribution < 1.29 is 4.79 Å². The number of piperidine rings is 1. The molecule has 0 unspecified atom stereocenters. The zero-order valence-electron chi connectivity index (χ0n) is 10.5. The summed E-state index contributed by atoms with van der Waals surface area (Å²) in [6, 6.07) is 3.12. The van der Waals surface area contributed by atoms with Crippen molar-refractivity contribution in [3.8, 4) is 0 Å². The van der Waals surface area contributed by atoms with E-state index in [0.29, 0.717) is 20.8 Å². The number of halogens is 3. The Kier molecular flexibility index (Phi) is 4.96. The number of hydrogen-bond donors (Lipinski definition) is 1. The van der Waals surface area contributed by atoms with Crippen LogP contribution in [-0.4, -0.2) is 30.9 Å². The first-order valence-electron chi connectivity index (χ1n) is 6.11. The molecule has 1 amide bonds. The van der Waals surface area contributed by atoms with Crippen LogP contribution in [-0.2, 0) is 4.79 Å². The van der Waals surface area contributed by atoms with E-state index in [-0.39, 0.29) is 11.8 Å². The van der Waals surface area contributed by atoms with Gasteiger partial charge in [0.1, 0.15) is 0 Å². The van der Waals surface area contributed by atoms with E-state index in [0.717, 1.165) is 25.9 Å². The van der Waals surface area contributed by atoms with Crippen molar-refractivity contribution in [2.45, 2.75) is 12.8 Å². The summed E-state index contributed by atoms with van der Waals surface area (Å²) in [5.41, 5.74) is 0.509. The number of nitrogens with one attached hydrogen (secondary N) is 1. The average molecular weight is 322 g/mol. The normalized spacial score (nSPS) is 20.3. The Morgan fingerprint density at radius 1 is 1.26 bits per heavy atom. The fourth-order valence-corrected chi connectivity index (χ4v) is 2.83. The molecule has 1 atom stereocenters. The molecule has 104 valence electrons. The fraction of sp³-hybridized carbons (Fsp3) is 0.462. The molecule has 0 saturated carbocycles. The number of anilines is 1. The Labute approximate surface area is 127 Å². The predicted octanol–water partition coefficient (Wildman–Crippen LogP) is 3.93. The molecule has 6 heteroatoms. The minimum Gasteiger partial charge on any atom is -0.324 e. The largest absolute Gasteiger partial charge is 0.324 e. The van der Waals surface area contributed by atoms with Gasteiger partial charge in [-0.2, -0.15) is 0 Å². The number of carbonyl (C=O) groups excluding carboxylic acids is 1. The van der Waals surface area contributed by atoms with Crippen LogP contribution in [0.5, 0.6) is 0 Å². The highest BCUT2D eigenvalue weighted by Gasteiger charge is 2.24. The van der Waals surface area contributed by atoms with E-state index in [1.807, 2.05) is 7.05 Å². The average Bonchev–Trinajstić information content (AvgIpc) is 2.36. The molecule has 0 aliphatic carbocycles. The first kappa shape index (κ1) is 14.9. The number of amides is 1. The molecule has 1 fully saturated rings. The van der Waals surface area contributed by atoms with Crippen molar-refractivity contribution >= 4 is 46.4 Å². The summed E-state index contributed by atoms with van der Waals surface area (Å²) in [6.07, 6.45) is 1.93. The van der Waals surface area contributed by atoms with Gasteiger partial charge in [0, 0.05) is 6.54 Å². The number of likely N-dealkylation sites (tertiary alicyclic amines) is 1. The van der Waals surface area contributed by atoms with Crippen molar-refractivity contribution in [1.82, 2.24) is 4.90 Å². The zero-order valence-corrected chi connectivity index (χ0v) is 12.8. The quantitative estimate of drug-likeness (QED) is 0.837. The second-order valence-electron chi connectivity index (χ2n) is 4.84. The number of rotatable bonds is 2. The summed E-state index contributed by atoms with van der Waals surface area (Å²) in [4.78, 5) is 14.3. The maximum Gasteiger partial charge on any atom is 0.228 e. The molecule has 0 spiro atoms. The summed E-state index contributed by atoms with van der Waals surface area (Å²) >= 11 is 17.8. The van der Waals surface area contributed by atoms with E-state index in [2.05, 4.69) is 10.2 Å². The van der Waals surface area contributed by atoms with E-state index >= 15 is 0 Å². The fourth-order valence-electron chi connectivity index (χ4n) is 2.23. The Hall–Kier alpha value is -0.480. The summed E-state index contributed by atoms with van der Waals surface area (Å²) in [7, 11) is 2.02. The van der Waals surface area contributed by atoms with E-state index in [1.165, 1.54) is 6.07 Å². The van der Waals surface area contributed by atoms with Crippen molar-refractivity contribution in [2.24, 2.45) is 5.92 Å². The molecule has 1 aliphatic heterocycles. The van der Waals surface area contributed by atoms with Crippen LogP contribution in [0.3, 0.4) is 0 Å². The lowest BCUT2D eigenvalue weighted by molar-refractivity contribution is -0.121. The summed E-state index contributed by atoms with van der Waals surface area (Å²) in [5, 5.41) is 3.98. The first-order chi connectivity index (χ1) is 8.97. The molecule has 0 aromatic heterocycles. The molecule has 1 aromatic carbocycles. The van der Waals surface area contributed by atoms with Crippen LogP contribution < -0.4 is 5.32 Å². The Balaban J connectivity index is 2.08. The SMILES string of the molecule is CN1CCC[C@@H](C(=O)Nc2cc(Cl)c(Cl)cc2Cl)C1. The first-order valence-corrected chi connectivity index (χ1v) is 7.24. The predicted molar refractivity (Wildman–Crippen MR) is 80.3 cm³/mol. The second-order valence-corrected chi connectivity index (χ2v) is 6.06. The van der Waals surface area contributed by atoms with Gasteiger partial charge in [0.15, 0.2) is 0 Å². The zero-order chi connectivity index (χ0) is 14.0. The van der Waals surface area contributed by atoms with Gasteiger partial charge in [-0.05, 0) is 38.6 Å². The molecule has 0 bridgehead atoms. The summed E-state index contributed by atoms with van der Waals surface area (Å²) in [6.45, 7) is 1.81. The standard InChI is InChI=1S/C13H15Cl3N2O/c1-18-4-2-3-8(7-18)13(19)17-12-6-10(15)9(14)5-11(12)16/h5-6,8H,2-4,7H2,1H3,(H,17,19)/t8-/m1/s1. The molecule has 1 N–H and O–H groups in total. The topological polar surface area (TPSA) is 32.3 Å². The monoisotopic (exact) mass is 320 g/mol. The highest BCUT2D eigenvalue weighted by molar-refractivity contribution is 6.44. The lowest BCUT2D eigenvalue weighted by Crippen LogP contribution is -2.38. The van der Waals surface area contributed by atoms with Crippen LogP contribution in [0.4, 0.5) is 5.69 Å². The van der Waals surface area contributed by atoms with Crippen molar-refractivity contribution in [2.75, 3.05) is 25.5 Å². The maximum atomic E-state index is 12.2. The lowest BCUT2D eigenvalue weighted by Gasteiger charge is -2.28. The lowest BCUT2D eigenvalue weighted by atomic mass is 9.97. The van der Waals surface area contributed by atoms with Gasteiger partial charge >= 0.3 is 0 Å². The van der Waals surface area contributed by atoms with Crippen LogP contribution in [0.15, 0.2) is 12.1 Å². The number of benzene rings is 1. The number of nitrogens with zero attached hydrogens (tertiary/aromatic N) is 1. The third-order valence-corrected chi connectivity index (χ3v) is 4.30. The second kappa shape index (κ2) is 6.31. The van der Waals surface area contributed by atoms with Gasteiger partial charge in [0.2, 0.25) is 5.91 Å². The van der Waals surface area contributed by atoms with Gasteiger partial charge in [-0.3, -0.25) is 4.79 Å². The van der Waals surface area contributed by atoms with Crippen LogP contribution in [0.25, 0.3) is 0 Å². The van der Waals surface area contributed by atoms with Gasteiger partial charge in [-0.1, -0.05) is 34.8 Å².